The van der Waals surface area contributed by atoms with Gasteiger partial charge in [0.25, 0.3) is 0 Å². The van der Waals surface area contributed by atoms with E-state index in [1.165, 1.54) is 0 Å². The largest absolute Gasteiger partial charge is 0.358 e. The van der Waals surface area contributed by atoms with Crippen LogP contribution < -0.4 is 0 Å². The Bertz CT molecular complexity index is 372. The topological polar surface area (TPSA) is 6.48 Å². The van der Waals surface area contributed by atoms with Crippen LogP contribution in [0.5, 0.6) is 0 Å². The summed E-state index contributed by atoms with van der Waals surface area (Å²) in [6.45, 7) is 1.83. The maximum Gasteiger partial charge on any atom is 0.103 e. The number of hydrogen-bond donors (Lipinski definition) is 0. The maximum absolute atomic E-state index is 3.61. The number of alkyl halides is 2. The van der Waals surface area contributed by atoms with E-state index in [1.54, 1.807) is 0 Å². The first-order valence-corrected chi connectivity index (χ1v) is 7.75. The molecule has 4 heteroatoms. The molecule has 0 bridgehead atoms. The van der Waals surface area contributed by atoms with Crippen molar-refractivity contribution in [2.75, 3.05) is 13.1 Å². The molecule has 96 valence electrons. The van der Waals surface area contributed by atoms with E-state index in [1.807, 2.05) is 0 Å². The fourth-order valence-corrected chi connectivity index (χ4v) is 2.69. The molecule has 0 aromatic rings. The normalized spacial score (nSPS) is 26.6. The lowest BCUT2D eigenvalue weighted by molar-refractivity contribution is 0.424. The molecule has 2 nitrogen and oxygen atoms in total. The van der Waals surface area contributed by atoms with Gasteiger partial charge in [0.1, 0.15) is 9.90 Å². The van der Waals surface area contributed by atoms with E-state index in [-0.39, 0.29) is 0 Å². The van der Waals surface area contributed by atoms with Crippen molar-refractivity contribution in [1.82, 2.24) is 9.80 Å². The molecule has 0 aliphatic carbocycles. The van der Waals surface area contributed by atoms with Crippen molar-refractivity contribution in [3.63, 3.8) is 0 Å². The van der Waals surface area contributed by atoms with E-state index >= 15 is 0 Å². The molecule has 2 aliphatic heterocycles. The van der Waals surface area contributed by atoms with E-state index in [2.05, 4.69) is 103 Å². The van der Waals surface area contributed by atoms with Crippen molar-refractivity contribution >= 4 is 31.9 Å². The lowest BCUT2D eigenvalue weighted by atomic mass is 10.3. The molecule has 0 saturated heterocycles. The number of halogens is 2. The van der Waals surface area contributed by atoms with Crippen molar-refractivity contribution in [1.29, 1.82) is 0 Å². The second-order valence-corrected chi connectivity index (χ2v) is 5.94. The van der Waals surface area contributed by atoms with Crippen LogP contribution in [0, 0.1) is 0 Å². The lowest BCUT2D eigenvalue weighted by Crippen LogP contribution is -2.27. The monoisotopic (exact) mass is 370 g/mol. The first-order valence-electron chi connectivity index (χ1n) is 5.92. The molecule has 0 N–H and O–H groups in total. The van der Waals surface area contributed by atoms with Crippen LogP contribution in [0.1, 0.15) is 0 Å². The number of rotatable bonds is 4. The first-order chi connectivity index (χ1) is 8.77. The number of hydrogen-bond acceptors (Lipinski definition) is 2. The Hall–Kier alpha value is -0.740. The van der Waals surface area contributed by atoms with Gasteiger partial charge in [-0.2, -0.15) is 0 Å². The summed E-state index contributed by atoms with van der Waals surface area (Å²) in [6.07, 6.45) is 21.1. The van der Waals surface area contributed by atoms with Gasteiger partial charge in [0.15, 0.2) is 0 Å². The lowest BCUT2D eigenvalue weighted by Gasteiger charge is -2.26. The van der Waals surface area contributed by atoms with Crippen LogP contribution in [0.3, 0.4) is 0 Å². The van der Waals surface area contributed by atoms with Gasteiger partial charge in [-0.25, -0.2) is 0 Å². The molecule has 0 fully saturated rings. The van der Waals surface area contributed by atoms with Crippen LogP contribution >= 0.6 is 31.9 Å². The SMILES string of the molecule is Br[C@H]1C=CC=CN1C/C=C\CN1C=CC=C[C@@H]1Br. The third-order valence-corrected chi connectivity index (χ3v) is 4.41. The third-order valence-electron chi connectivity index (χ3n) is 2.75. The van der Waals surface area contributed by atoms with Crippen molar-refractivity contribution < 1.29 is 0 Å². The summed E-state index contributed by atoms with van der Waals surface area (Å²) in [5.74, 6) is 0. The molecule has 0 radical (unpaired) electrons. The fraction of sp³-hybridized carbons (Fsp3) is 0.286. The molecule has 2 heterocycles. The molecular formula is C14H16Br2N2. The van der Waals surface area contributed by atoms with Gasteiger partial charge in [-0.1, -0.05) is 68.3 Å². The molecule has 2 rings (SSSR count). The minimum Gasteiger partial charge on any atom is -0.358 e. The van der Waals surface area contributed by atoms with Crippen LogP contribution in [0.2, 0.25) is 0 Å². The predicted octanol–water partition coefficient (Wildman–Crippen LogP) is 3.76. The minimum absolute atomic E-state index is 0.300. The molecular weight excluding hydrogens is 356 g/mol. The summed E-state index contributed by atoms with van der Waals surface area (Å²) in [5, 5.41) is 0. The van der Waals surface area contributed by atoms with E-state index < -0.39 is 0 Å². The van der Waals surface area contributed by atoms with Crippen molar-refractivity contribution in [3.8, 4) is 0 Å². The standard InChI is InChI=1S/C14H16Br2N2/c15-13-7-1-3-9-17(13)11-5-6-12-18-10-4-2-8-14(18)16/h1-10,13-14H,11-12H2/b6-5-/t13-,14-/m1/s1. The summed E-state index contributed by atoms with van der Waals surface area (Å²) in [7, 11) is 0. The highest BCUT2D eigenvalue weighted by atomic mass is 79.9. The summed E-state index contributed by atoms with van der Waals surface area (Å²) in [6, 6.07) is 0. The Balaban J connectivity index is 1.75. The predicted molar refractivity (Wildman–Crippen MR) is 84.5 cm³/mol. The molecule has 0 amide bonds. The Kier molecular flexibility index (Phi) is 5.32. The molecule has 0 aromatic heterocycles. The van der Waals surface area contributed by atoms with E-state index in [0.29, 0.717) is 9.90 Å². The molecule has 0 saturated carbocycles. The second-order valence-electron chi connectivity index (χ2n) is 4.06. The van der Waals surface area contributed by atoms with Crippen LogP contribution in [0.4, 0.5) is 0 Å². The zero-order valence-electron chi connectivity index (χ0n) is 9.99. The van der Waals surface area contributed by atoms with Crippen molar-refractivity contribution in [2.24, 2.45) is 0 Å². The summed E-state index contributed by atoms with van der Waals surface area (Å²) >= 11 is 7.22. The van der Waals surface area contributed by atoms with Gasteiger partial charge in [0.05, 0.1) is 0 Å². The highest BCUT2D eigenvalue weighted by Crippen LogP contribution is 2.15. The molecule has 18 heavy (non-hydrogen) atoms. The van der Waals surface area contributed by atoms with Gasteiger partial charge in [-0.15, -0.1) is 0 Å². The molecule has 2 aliphatic rings. The molecule has 0 aromatic carbocycles. The Morgan fingerprint density at radius 3 is 1.61 bits per heavy atom. The van der Waals surface area contributed by atoms with E-state index in [0.717, 1.165) is 13.1 Å². The third kappa shape index (κ3) is 3.89. The van der Waals surface area contributed by atoms with Gasteiger partial charge in [-0.05, 0) is 12.2 Å². The van der Waals surface area contributed by atoms with Gasteiger partial charge in [-0.3, -0.25) is 0 Å². The maximum atomic E-state index is 3.61. The van der Waals surface area contributed by atoms with Crippen LogP contribution in [-0.2, 0) is 0 Å². The van der Waals surface area contributed by atoms with Gasteiger partial charge in [0, 0.05) is 25.5 Å². The highest BCUT2D eigenvalue weighted by Gasteiger charge is 2.09. The smallest absolute Gasteiger partial charge is 0.103 e. The van der Waals surface area contributed by atoms with Crippen LogP contribution in [0.25, 0.3) is 0 Å². The zero-order chi connectivity index (χ0) is 12.8. The zero-order valence-corrected chi connectivity index (χ0v) is 13.2. The second kappa shape index (κ2) is 7.00. The molecule has 0 spiro atoms. The Labute approximate surface area is 125 Å². The van der Waals surface area contributed by atoms with Crippen molar-refractivity contribution in [3.05, 3.63) is 61.0 Å². The average Bonchev–Trinajstić information content (AvgIpc) is 2.38. The average molecular weight is 372 g/mol. The first kappa shape index (κ1) is 13.7. The van der Waals surface area contributed by atoms with E-state index in [4.69, 9.17) is 0 Å². The Morgan fingerprint density at radius 1 is 0.778 bits per heavy atom. The quantitative estimate of drug-likeness (QED) is 0.421. The fourth-order valence-electron chi connectivity index (χ4n) is 1.73. The number of nitrogens with zero attached hydrogens (tertiary/aromatic N) is 2. The van der Waals surface area contributed by atoms with Gasteiger partial charge in [0.2, 0.25) is 0 Å². The highest BCUT2D eigenvalue weighted by molar-refractivity contribution is 9.09. The van der Waals surface area contributed by atoms with Gasteiger partial charge < -0.3 is 9.80 Å². The molecule has 2 atom stereocenters. The van der Waals surface area contributed by atoms with E-state index in [9.17, 15) is 0 Å². The van der Waals surface area contributed by atoms with Crippen molar-refractivity contribution in [2.45, 2.75) is 9.90 Å². The molecule has 0 unspecified atom stereocenters. The van der Waals surface area contributed by atoms with Gasteiger partial charge >= 0.3 is 0 Å². The Morgan fingerprint density at radius 2 is 1.22 bits per heavy atom. The van der Waals surface area contributed by atoms with Crippen LogP contribution in [-0.4, -0.2) is 32.8 Å². The summed E-state index contributed by atoms with van der Waals surface area (Å²) in [4.78, 5) is 5.06. The number of allylic oxidation sites excluding steroid dienone is 4. The summed E-state index contributed by atoms with van der Waals surface area (Å²) in [5.41, 5.74) is 0. The minimum atomic E-state index is 0.300. The van der Waals surface area contributed by atoms with Crippen LogP contribution in [0.15, 0.2) is 61.0 Å². The summed E-state index contributed by atoms with van der Waals surface area (Å²) < 4.78 is 0.